The highest BCUT2D eigenvalue weighted by atomic mass is 32.2. The Bertz CT molecular complexity index is 4390. The van der Waals surface area contributed by atoms with E-state index in [1.807, 2.05) is 25.7 Å². The number of imidazole rings is 1. The zero-order valence-electron chi connectivity index (χ0n) is 87.3. The average molecular weight is 1930 g/mol. The van der Waals surface area contributed by atoms with Crippen LogP contribution in [0.5, 0.6) is 0 Å². The van der Waals surface area contributed by atoms with E-state index in [1.165, 1.54) is 244 Å². The molecule has 21 aliphatic carbocycles. The van der Waals surface area contributed by atoms with Gasteiger partial charge in [0.05, 0.1) is 46.0 Å². The fourth-order valence-corrected chi connectivity index (χ4v) is 43.0. The van der Waals surface area contributed by atoms with Gasteiger partial charge in [-0.25, -0.2) is 9.37 Å². The lowest BCUT2D eigenvalue weighted by molar-refractivity contribution is -0.131. The fraction of sp³-hybridized carbons (Fsp3) is 0.901. The predicted octanol–water partition coefficient (Wildman–Crippen LogP) is 26.3. The molecule has 762 valence electrons. The van der Waals surface area contributed by atoms with Crippen molar-refractivity contribution in [1.29, 1.82) is 0 Å². The Labute approximate surface area is 837 Å². The van der Waals surface area contributed by atoms with Crippen molar-refractivity contribution in [3.8, 4) is 11.8 Å². The summed E-state index contributed by atoms with van der Waals surface area (Å²) in [5.41, 5.74) is 1.75. The summed E-state index contributed by atoms with van der Waals surface area (Å²) in [6, 6.07) is 0. The maximum Gasteiger partial charge on any atom is 0.146 e. The van der Waals surface area contributed by atoms with E-state index in [1.54, 1.807) is 40.9 Å². The number of hydrogen-bond acceptors (Lipinski definition) is 13. The van der Waals surface area contributed by atoms with Gasteiger partial charge >= 0.3 is 0 Å². The Morgan fingerprint density at radius 3 is 1.00 bits per heavy atom. The van der Waals surface area contributed by atoms with Gasteiger partial charge in [0, 0.05) is 49.2 Å². The zero-order chi connectivity index (χ0) is 95.6. The van der Waals surface area contributed by atoms with Gasteiger partial charge in [0.15, 0.2) is 0 Å². The van der Waals surface area contributed by atoms with Gasteiger partial charge in [0.2, 0.25) is 0 Å². The minimum absolute atomic E-state index is 0.217. The fourth-order valence-electron chi connectivity index (χ4n) is 41.5. The molecule has 23 rings (SSSR count). The van der Waals surface area contributed by atoms with Crippen LogP contribution in [0.1, 0.15) is 370 Å². The van der Waals surface area contributed by atoms with Gasteiger partial charge < -0.3 is 30.1 Å². The van der Waals surface area contributed by atoms with Crippen molar-refractivity contribution < 1.29 is 44.3 Å². The summed E-state index contributed by atoms with van der Waals surface area (Å²) in [6.07, 6.45) is 71.8. The van der Waals surface area contributed by atoms with Crippen LogP contribution in [0.25, 0.3) is 0 Å². The molecule has 21 saturated carbocycles. The molecular weight excluding hydrogens is 1740 g/mol. The average Bonchev–Trinajstić information content (AvgIpc) is 1.58. The molecule has 136 heavy (non-hydrogen) atoms. The molecule has 0 amide bonds. The van der Waals surface area contributed by atoms with E-state index in [2.05, 4.69) is 107 Å². The number of Topliss-reactive ketones (excluding diaryl/α,β-unsaturated/α-hetero) is 3. The summed E-state index contributed by atoms with van der Waals surface area (Å²) in [4.78, 5) is 45.1. The van der Waals surface area contributed by atoms with Crippen LogP contribution in [0.15, 0.2) is 43.0 Å². The quantitative estimate of drug-likeness (QED) is 0.0782. The first-order chi connectivity index (χ1) is 64.9. The van der Waals surface area contributed by atoms with E-state index in [-0.39, 0.29) is 27.8 Å². The van der Waals surface area contributed by atoms with Gasteiger partial charge in [-0.15, -0.1) is 0 Å². The zero-order valence-corrected chi connectivity index (χ0v) is 89.7. The molecule has 0 aromatic carbocycles. The Balaban J connectivity index is 0.000000109. The molecule has 0 spiro atoms. The minimum atomic E-state index is -1.04. The lowest BCUT2D eigenvalue weighted by atomic mass is 9.49. The number of fused-ring (bicyclic) bond motifs is 25. The second kappa shape index (κ2) is 40.9. The van der Waals surface area contributed by atoms with Crippen LogP contribution in [0.2, 0.25) is 0 Å². The van der Waals surface area contributed by atoms with Gasteiger partial charge in [-0.3, -0.25) is 19.3 Å². The summed E-state index contributed by atoms with van der Waals surface area (Å²) in [7, 11) is 0. The number of allylic oxidation sites excluding steroid dienone is 1. The van der Waals surface area contributed by atoms with Crippen molar-refractivity contribution in [1.82, 2.24) is 14.5 Å². The standard InChI is InChI=1S/C26H43NO.C26H38O2S.C25H38N2O.C22H35FO2S.C22H36O2S/c1-18(17-27-14-4-5-15-27)23-8-9-24-22-7-6-19-16-25(2,28)12-10-20(19)21(22)11-13-26(23,24)3;1-25-12-10-20-19-11-14-26(28,13-9-17-3-4-17)15-18(19)5-6-21(20)22(25)7-8-23(25)24(27)16-29-2;1-17(15-27-13-12-26-16-27)22-6-7-23-21-5-4-18-14-24(2,28)10-8-19(18)20(21)9-11-25(22,23)3;1-21-9-7-16-15-8-10-22(25,13-23)11-14(15)3-4-17(16)18(21)5-6-19(21)20(24)12-26-2;1-21(24)10-8-15-14(12-21)4-5-17-16(15)9-11-22(2)18(17)6-7-19(22)20(23)13-25-3/h19-24,28H,1,4-17H2,2-3H3;17-23,28H,3-8,10-12,14-16H2,1-2H3;12-13,16,18-23,28H,1,4-11,14-15H2,2-3H3;14-19,25H,3-13H2,1-2H3;14-19,24H,4-13H2,1-3H3/t19-,20+,21-,22-,23-,24+,25+,26-;18-,19+,20-,21-,22+,23-,25+,26+;18-,19+,20-,21-,22-,23+,24+,25-;2*14-,15+,16-,17-,18+,19-,21+,22+/m11111/s1. The monoisotopic (exact) mass is 1930 g/mol. The molecule has 0 unspecified atom stereocenters. The van der Waals surface area contributed by atoms with Crippen LogP contribution in [0, 0.1) is 222 Å². The van der Waals surface area contributed by atoms with E-state index in [0.29, 0.717) is 106 Å². The Morgan fingerprint density at radius 2 is 0.669 bits per heavy atom. The van der Waals surface area contributed by atoms with Crippen LogP contribution in [0.3, 0.4) is 0 Å². The van der Waals surface area contributed by atoms with Crippen LogP contribution in [0.4, 0.5) is 4.39 Å². The molecule has 22 aliphatic rings. The van der Waals surface area contributed by atoms with E-state index in [9.17, 15) is 44.3 Å². The molecule has 1 aliphatic heterocycles. The summed E-state index contributed by atoms with van der Waals surface area (Å²) in [5, 5.41) is 53.2. The second-order valence-corrected chi connectivity index (χ2v) is 57.5. The molecule has 22 fully saturated rings. The Hall–Kier alpha value is -2.00. The van der Waals surface area contributed by atoms with E-state index < -0.39 is 29.1 Å². The van der Waals surface area contributed by atoms with Crippen LogP contribution in [-0.4, -0.2) is 148 Å². The highest BCUT2D eigenvalue weighted by Gasteiger charge is 2.66. The highest BCUT2D eigenvalue weighted by molar-refractivity contribution is 7.99. The summed E-state index contributed by atoms with van der Waals surface area (Å²) in [6.45, 7) is 32.1. The normalized spacial score (nSPS) is 50.1. The summed E-state index contributed by atoms with van der Waals surface area (Å²) in [5.74, 6) is 33.6. The van der Waals surface area contributed by atoms with Gasteiger partial charge in [-0.2, -0.15) is 35.3 Å². The number of aromatic nitrogens is 2. The molecule has 0 bridgehead atoms. The van der Waals surface area contributed by atoms with Crippen molar-refractivity contribution >= 4 is 52.6 Å². The molecular formula is C121H190FN3O8S3. The number of halogens is 1. The number of nitrogens with zero attached hydrogens (tertiary/aromatic N) is 3. The minimum Gasteiger partial charge on any atom is -0.390 e. The van der Waals surface area contributed by atoms with Crippen LogP contribution >= 0.6 is 35.3 Å². The number of rotatable bonds is 16. The molecule has 11 nitrogen and oxygen atoms in total. The first kappa shape index (κ1) is 103. The largest absolute Gasteiger partial charge is 0.390 e. The van der Waals surface area contributed by atoms with Crippen LogP contribution in [-0.2, 0) is 20.9 Å². The van der Waals surface area contributed by atoms with E-state index >= 15 is 0 Å². The first-order valence-electron chi connectivity index (χ1n) is 57.7. The molecule has 5 N–H and O–H groups in total. The number of alkyl halides is 1. The molecule has 2 heterocycles. The molecule has 1 aromatic rings. The number of likely N-dealkylation sites (tertiary alicyclic amines) is 1. The van der Waals surface area contributed by atoms with Crippen molar-refractivity contribution in [3.63, 3.8) is 0 Å². The molecule has 40 atom stereocenters. The third-order valence-corrected chi connectivity index (χ3v) is 49.5. The summed E-state index contributed by atoms with van der Waals surface area (Å²) < 4.78 is 15.5. The van der Waals surface area contributed by atoms with Crippen molar-refractivity contribution in [2.24, 2.45) is 211 Å². The highest BCUT2D eigenvalue weighted by Crippen LogP contribution is 2.73. The maximum atomic E-state index is 13.3. The molecule has 1 saturated heterocycles. The topological polar surface area (TPSA) is 173 Å². The lowest BCUT2D eigenvalue weighted by Gasteiger charge is -2.57. The van der Waals surface area contributed by atoms with E-state index in [0.717, 1.165) is 220 Å². The molecule has 15 heteroatoms. The lowest BCUT2D eigenvalue weighted by Crippen LogP contribution is -2.52. The van der Waals surface area contributed by atoms with Gasteiger partial charge in [0.25, 0.3) is 0 Å². The molecule has 1 aromatic heterocycles. The summed E-state index contributed by atoms with van der Waals surface area (Å²) >= 11 is 5.07. The third kappa shape index (κ3) is 20.1. The Kier molecular flexibility index (Phi) is 30.9. The van der Waals surface area contributed by atoms with Crippen molar-refractivity contribution in [3.05, 3.63) is 43.0 Å². The second-order valence-electron chi connectivity index (χ2n) is 54.9. The number of thioether (sulfide) groups is 3. The number of hydrogen-bond donors (Lipinski definition) is 5. The maximum absolute atomic E-state index is 13.3. The number of aliphatic hydroxyl groups is 5. The van der Waals surface area contributed by atoms with Crippen molar-refractivity contribution in [2.75, 3.05) is 62.3 Å². The third-order valence-electron chi connectivity index (χ3n) is 47.7. The predicted molar refractivity (Wildman–Crippen MR) is 558 cm³/mol. The van der Waals surface area contributed by atoms with Gasteiger partial charge in [0.1, 0.15) is 29.6 Å². The van der Waals surface area contributed by atoms with E-state index in [4.69, 9.17) is 0 Å². The smallest absolute Gasteiger partial charge is 0.146 e. The molecule has 0 radical (unpaired) electrons. The van der Waals surface area contributed by atoms with Gasteiger partial charge in [-0.05, 0) is 554 Å². The number of carbonyl (C=O) groups excluding carboxylic acids is 3. The first-order valence-corrected chi connectivity index (χ1v) is 61.9. The van der Waals surface area contributed by atoms with Gasteiger partial charge in [-0.1, -0.05) is 70.8 Å². The van der Waals surface area contributed by atoms with Crippen molar-refractivity contribution in [2.45, 2.75) is 405 Å². The Morgan fingerprint density at radius 1 is 0.360 bits per heavy atom. The number of ketones is 3. The van der Waals surface area contributed by atoms with Crippen LogP contribution < -0.4 is 0 Å². The SMILES string of the molecule is C=C(CN1CCCC1)[C@H]1CC[C@H]2[C@@H]3CC[C@@H]4C[C@@](C)(O)CC[C@@H]4[C@H]3CC[C@]12C.C=C(Cn1ccnc1)[C@H]1CC[C@H]2[C@@H]3CC[C@@H]4C[C@@](C)(O)CC[C@@H]4[C@H]3CC[C@]12C.CSCC(=O)[C@H]1CC[C@H]2[C@@H]3CC[C@@H]4C[C@@](C)(O)CC[C@@H]4[C@H]3CC[C@]12C.CSCC(=O)[C@H]1CC[C@H]2[C@@H]3CC[C@@H]4C[C@](O)(C#CC5CC5)CC[C@@H]4[C@H]3CC[C@]12C.CSCC(=O)[C@H]1CC[C@H]2[C@@H]3CC[C@@H]4C[C@](O)(CF)CC[C@@H]4[C@H]3CC[C@]12C. The number of carbonyl (C=O) groups is 3.